The van der Waals surface area contributed by atoms with Crippen molar-refractivity contribution in [3.8, 4) is 5.75 Å². The molecule has 1 saturated carbocycles. The van der Waals surface area contributed by atoms with Gasteiger partial charge in [-0.3, -0.25) is 0 Å². The molecule has 0 unspecified atom stereocenters. The van der Waals surface area contributed by atoms with Crippen molar-refractivity contribution in [3.63, 3.8) is 0 Å². The molecule has 1 N–H and O–H groups in total. The molecule has 0 atom stereocenters. The SMILES string of the molecule is CC1CCC(CNc2cccc(OC(F)(F)F)c2)CC1. The first kappa shape index (κ1) is 15.0. The van der Waals surface area contributed by atoms with Crippen molar-refractivity contribution in [1.29, 1.82) is 0 Å². The third-order valence-corrected chi connectivity index (χ3v) is 3.80. The van der Waals surface area contributed by atoms with E-state index in [1.807, 2.05) is 0 Å². The Balaban J connectivity index is 1.85. The minimum Gasteiger partial charge on any atom is -0.406 e. The van der Waals surface area contributed by atoms with Crippen molar-refractivity contribution in [1.82, 2.24) is 0 Å². The van der Waals surface area contributed by atoms with Crippen LogP contribution in [0, 0.1) is 11.8 Å². The summed E-state index contributed by atoms with van der Waals surface area (Å²) in [4.78, 5) is 0. The Hall–Kier alpha value is -1.39. The Morgan fingerprint density at radius 3 is 2.55 bits per heavy atom. The maximum Gasteiger partial charge on any atom is 0.573 e. The van der Waals surface area contributed by atoms with Gasteiger partial charge in [0.2, 0.25) is 0 Å². The second kappa shape index (κ2) is 6.37. The molecule has 20 heavy (non-hydrogen) atoms. The van der Waals surface area contributed by atoms with E-state index in [2.05, 4.69) is 17.0 Å². The highest BCUT2D eigenvalue weighted by atomic mass is 19.4. The molecule has 5 heteroatoms. The lowest BCUT2D eigenvalue weighted by molar-refractivity contribution is -0.274. The lowest BCUT2D eigenvalue weighted by Gasteiger charge is -2.26. The molecule has 1 aliphatic rings. The van der Waals surface area contributed by atoms with E-state index in [9.17, 15) is 13.2 Å². The number of alkyl halides is 3. The average molecular weight is 287 g/mol. The first-order valence-electron chi connectivity index (χ1n) is 7.02. The van der Waals surface area contributed by atoms with E-state index in [0.29, 0.717) is 11.6 Å². The van der Waals surface area contributed by atoms with E-state index >= 15 is 0 Å². The molecule has 1 aromatic carbocycles. The summed E-state index contributed by atoms with van der Waals surface area (Å²) in [5.41, 5.74) is 0.672. The highest BCUT2D eigenvalue weighted by Gasteiger charge is 2.31. The third-order valence-electron chi connectivity index (χ3n) is 3.80. The molecule has 1 fully saturated rings. The second-order valence-electron chi connectivity index (χ2n) is 5.58. The van der Waals surface area contributed by atoms with Crippen molar-refractivity contribution in [2.75, 3.05) is 11.9 Å². The fraction of sp³-hybridized carbons (Fsp3) is 0.600. The van der Waals surface area contributed by atoms with Gasteiger partial charge < -0.3 is 10.1 Å². The summed E-state index contributed by atoms with van der Waals surface area (Å²) in [6.07, 6.45) is 0.213. The van der Waals surface area contributed by atoms with Crippen molar-refractivity contribution in [2.45, 2.75) is 39.0 Å². The summed E-state index contributed by atoms with van der Waals surface area (Å²) in [6, 6.07) is 6.01. The number of hydrogen-bond acceptors (Lipinski definition) is 2. The molecule has 0 radical (unpaired) electrons. The summed E-state index contributed by atoms with van der Waals surface area (Å²) in [7, 11) is 0. The van der Waals surface area contributed by atoms with Gasteiger partial charge in [-0.2, -0.15) is 0 Å². The third kappa shape index (κ3) is 4.94. The van der Waals surface area contributed by atoms with Crippen LogP contribution in [-0.2, 0) is 0 Å². The summed E-state index contributed by atoms with van der Waals surface area (Å²) in [6.45, 7) is 3.07. The molecule has 2 rings (SSSR count). The monoisotopic (exact) mass is 287 g/mol. The van der Waals surface area contributed by atoms with Crippen LogP contribution in [0.3, 0.4) is 0 Å². The van der Waals surface area contributed by atoms with Crippen LogP contribution in [0.25, 0.3) is 0 Å². The van der Waals surface area contributed by atoms with Gasteiger partial charge in [0, 0.05) is 18.3 Å². The van der Waals surface area contributed by atoms with Gasteiger partial charge in [0.05, 0.1) is 0 Å². The van der Waals surface area contributed by atoms with Crippen LogP contribution in [0.15, 0.2) is 24.3 Å². The Kier molecular flexibility index (Phi) is 4.78. The number of rotatable bonds is 4. The lowest BCUT2D eigenvalue weighted by Crippen LogP contribution is -2.20. The minimum atomic E-state index is -4.64. The fourth-order valence-electron chi connectivity index (χ4n) is 2.60. The smallest absolute Gasteiger partial charge is 0.406 e. The molecule has 1 aliphatic carbocycles. The molecule has 0 bridgehead atoms. The van der Waals surface area contributed by atoms with Crippen molar-refractivity contribution in [2.24, 2.45) is 11.8 Å². The zero-order chi connectivity index (χ0) is 14.6. The number of halogens is 3. The highest BCUT2D eigenvalue weighted by Crippen LogP contribution is 2.29. The molecular formula is C15H20F3NO. The highest BCUT2D eigenvalue weighted by molar-refractivity contribution is 5.48. The zero-order valence-electron chi connectivity index (χ0n) is 11.5. The van der Waals surface area contributed by atoms with Crippen LogP contribution in [0.2, 0.25) is 0 Å². The van der Waals surface area contributed by atoms with Crippen LogP contribution in [0.4, 0.5) is 18.9 Å². The molecule has 112 valence electrons. The van der Waals surface area contributed by atoms with Crippen molar-refractivity contribution >= 4 is 5.69 Å². The van der Waals surface area contributed by atoms with E-state index < -0.39 is 6.36 Å². The predicted molar refractivity (Wildman–Crippen MR) is 72.7 cm³/mol. The molecular weight excluding hydrogens is 267 g/mol. The number of anilines is 1. The summed E-state index contributed by atoms with van der Waals surface area (Å²) < 4.78 is 40.3. The van der Waals surface area contributed by atoms with Gasteiger partial charge in [-0.1, -0.05) is 25.8 Å². The fourth-order valence-corrected chi connectivity index (χ4v) is 2.60. The molecule has 0 heterocycles. The van der Waals surface area contributed by atoms with Gasteiger partial charge in [0.15, 0.2) is 0 Å². The first-order chi connectivity index (χ1) is 9.42. The second-order valence-corrected chi connectivity index (χ2v) is 5.58. The largest absolute Gasteiger partial charge is 0.573 e. The van der Waals surface area contributed by atoms with E-state index in [1.54, 1.807) is 12.1 Å². The Labute approximate surface area is 117 Å². The van der Waals surface area contributed by atoms with Gasteiger partial charge in [-0.15, -0.1) is 13.2 Å². The maximum atomic E-state index is 12.1. The first-order valence-corrected chi connectivity index (χ1v) is 7.02. The number of hydrogen-bond donors (Lipinski definition) is 1. The molecule has 0 amide bonds. The summed E-state index contributed by atoms with van der Waals surface area (Å²) in [5, 5.41) is 3.21. The standard InChI is InChI=1S/C15H20F3NO/c1-11-5-7-12(8-6-11)10-19-13-3-2-4-14(9-13)20-15(16,17)18/h2-4,9,11-12,19H,5-8,10H2,1H3. The topological polar surface area (TPSA) is 21.3 Å². The Morgan fingerprint density at radius 1 is 1.20 bits per heavy atom. The van der Waals surface area contributed by atoms with E-state index in [0.717, 1.165) is 12.5 Å². The molecule has 2 nitrogen and oxygen atoms in total. The summed E-state index contributed by atoms with van der Waals surface area (Å²) in [5.74, 6) is 1.23. The molecule has 1 aromatic rings. The van der Waals surface area contributed by atoms with Crippen LogP contribution in [0.5, 0.6) is 5.75 Å². The lowest BCUT2D eigenvalue weighted by atomic mass is 9.83. The van der Waals surface area contributed by atoms with Crippen LogP contribution >= 0.6 is 0 Å². The van der Waals surface area contributed by atoms with Gasteiger partial charge >= 0.3 is 6.36 Å². The van der Waals surface area contributed by atoms with Gasteiger partial charge in [0.25, 0.3) is 0 Å². The number of nitrogens with one attached hydrogen (secondary N) is 1. The predicted octanol–water partition coefficient (Wildman–Crippen LogP) is 4.82. The number of benzene rings is 1. The Morgan fingerprint density at radius 2 is 1.90 bits per heavy atom. The quantitative estimate of drug-likeness (QED) is 0.857. The van der Waals surface area contributed by atoms with Crippen molar-refractivity contribution < 1.29 is 17.9 Å². The van der Waals surface area contributed by atoms with Gasteiger partial charge in [-0.25, -0.2) is 0 Å². The Bertz CT molecular complexity index is 425. The maximum absolute atomic E-state index is 12.1. The number of ether oxygens (including phenoxy) is 1. The zero-order valence-corrected chi connectivity index (χ0v) is 11.5. The molecule has 0 aromatic heterocycles. The molecule has 0 spiro atoms. The van der Waals surface area contributed by atoms with Crippen LogP contribution in [-0.4, -0.2) is 12.9 Å². The van der Waals surface area contributed by atoms with Crippen LogP contribution in [0.1, 0.15) is 32.6 Å². The minimum absolute atomic E-state index is 0.181. The normalized spacial score (nSPS) is 23.4. The van der Waals surface area contributed by atoms with Gasteiger partial charge in [-0.05, 0) is 36.8 Å². The van der Waals surface area contributed by atoms with Gasteiger partial charge in [0.1, 0.15) is 5.75 Å². The molecule has 0 saturated heterocycles. The van der Waals surface area contributed by atoms with E-state index in [1.165, 1.54) is 37.8 Å². The average Bonchev–Trinajstić information content (AvgIpc) is 2.36. The van der Waals surface area contributed by atoms with Crippen molar-refractivity contribution in [3.05, 3.63) is 24.3 Å². The van der Waals surface area contributed by atoms with E-state index in [-0.39, 0.29) is 5.75 Å². The summed E-state index contributed by atoms with van der Waals surface area (Å²) >= 11 is 0. The van der Waals surface area contributed by atoms with E-state index in [4.69, 9.17) is 0 Å². The van der Waals surface area contributed by atoms with Crippen LogP contribution < -0.4 is 10.1 Å². The molecule has 0 aliphatic heterocycles.